The Hall–Kier alpha value is -1.10. The number of likely N-dealkylation sites (tertiary alicyclic amines) is 1. The van der Waals surface area contributed by atoms with Crippen LogP contribution in [0.4, 0.5) is 0 Å². The standard InChI is InChI=1S/C11H19NO4/c1-11(2,16-3)7-12-6-8(10(14)15)4-5-9(12)13/h8H,4-7H2,1-3H3,(H,14,15). The number of amides is 1. The Bertz CT molecular complexity index is 288. The number of piperidine rings is 1. The summed E-state index contributed by atoms with van der Waals surface area (Å²) in [5.74, 6) is -1.25. The first-order valence-electron chi connectivity index (χ1n) is 5.41. The number of carbonyl (C=O) groups excluding carboxylic acids is 1. The minimum atomic E-state index is -0.826. The Morgan fingerprint density at radius 2 is 2.25 bits per heavy atom. The summed E-state index contributed by atoms with van der Waals surface area (Å²) in [4.78, 5) is 24.1. The molecule has 0 spiro atoms. The molecule has 1 aliphatic heterocycles. The lowest BCUT2D eigenvalue weighted by Crippen LogP contribution is -2.49. The first-order chi connectivity index (χ1) is 7.35. The van der Waals surface area contributed by atoms with Crippen molar-refractivity contribution in [3.05, 3.63) is 0 Å². The highest BCUT2D eigenvalue weighted by Gasteiger charge is 2.33. The number of methoxy groups -OCH3 is 1. The number of hydrogen-bond acceptors (Lipinski definition) is 3. The van der Waals surface area contributed by atoms with Crippen LogP contribution in [-0.2, 0) is 14.3 Å². The first-order valence-corrected chi connectivity index (χ1v) is 5.41. The summed E-state index contributed by atoms with van der Waals surface area (Å²) in [6, 6.07) is 0. The molecule has 0 aromatic rings. The molecule has 1 N–H and O–H groups in total. The Labute approximate surface area is 95.4 Å². The number of ether oxygens (including phenoxy) is 1. The second kappa shape index (κ2) is 4.82. The van der Waals surface area contributed by atoms with Crippen molar-refractivity contribution >= 4 is 11.9 Å². The van der Waals surface area contributed by atoms with Gasteiger partial charge in [0.1, 0.15) is 0 Å². The number of hydrogen-bond donors (Lipinski definition) is 1. The second-order valence-corrected chi connectivity index (χ2v) is 4.81. The summed E-state index contributed by atoms with van der Waals surface area (Å²) in [6.45, 7) is 4.49. The van der Waals surface area contributed by atoms with Gasteiger partial charge in [0.15, 0.2) is 0 Å². The molecule has 1 amide bonds. The molecule has 1 fully saturated rings. The van der Waals surface area contributed by atoms with Crippen molar-refractivity contribution in [2.24, 2.45) is 5.92 Å². The number of carboxylic acid groups (broad SMARTS) is 1. The van der Waals surface area contributed by atoms with Gasteiger partial charge in [0, 0.05) is 26.6 Å². The van der Waals surface area contributed by atoms with Crippen molar-refractivity contribution in [1.29, 1.82) is 0 Å². The van der Waals surface area contributed by atoms with Crippen molar-refractivity contribution in [2.75, 3.05) is 20.2 Å². The summed E-state index contributed by atoms with van der Waals surface area (Å²) >= 11 is 0. The lowest BCUT2D eigenvalue weighted by atomic mass is 9.96. The minimum absolute atomic E-state index is 0.0163. The molecule has 16 heavy (non-hydrogen) atoms. The number of nitrogens with zero attached hydrogens (tertiary/aromatic N) is 1. The van der Waals surface area contributed by atoms with Gasteiger partial charge in [-0.25, -0.2) is 0 Å². The molecule has 1 rings (SSSR count). The molecule has 0 aromatic heterocycles. The average molecular weight is 229 g/mol. The van der Waals surface area contributed by atoms with Crippen molar-refractivity contribution in [3.8, 4) is 0 Å². The largest absolute Gasteiger partial charge is 0.481 e. The molecule has 5 heteroatoms. The monoisotopic (exact) mass is 229 g/mol. The Morgan fingerprint density at radius 3 is 2.75 bits per heavy atom. The predicted octanol–water partition coefficient (Wildman–Crippen LogP) is 0.735. The maximum absolute atomic E-state index is 11.6. The molecule has 0 bridgehead atoms. The maximum atomic E-state index is 11.6. The van der Waals surface area contributed by atoms with E-state index < -0.39 is 17.5 Å². The van der Waals surface area contributed by atoms with E-state index in [1.165, 1.54) is 0 Å². The van der Waals surface area contributed by atoms with E-state index in [1.807, 2.05) is 13.8 Å². The topological polar surface area (TPSA) is 66.8 Å². The molecular formula is C11H19NO4. The fourth-order valence-corrected chi connectivity index (χ4v) is 1.79. The van der Waals surface area contributed by atoms with Crippen molar-refractivity contribution in [2.45, 2.75) is 32.3 Å². The summed E-state index contributed by atoms with van der Waals surface area (Å²) in [6.07, 6.45) is 0.759. The van der Waals surface area contributed by atoms with Gasteiger partial charge in [0.05, 0.1) is 11.5 Å². The van der Waals surface area contributed by atoms with E-state index in [4.69, 9.17) is 9.84 Å². The lowest BCUT2D eigenvalue weighted by Gasteiger charge is -2.36. The zero-order valence-corrected chi connectivity index (χ0v) is 10.0. The van der Waals surface area contributed by atoms with Crippen LogP contribution in [0, 0.1) is 5.92 Å². The van der Waals surface area contributed by atoms with Gasteiger partial charge in [0.2, 0.25) is 5.91 Å². The van der Waals surface area contributed by atoms with Gasteiger partial charge in [-0.3, -0.25) is 9.59 Å². The van der Waals surface area contributed by atoms with E-state index in [0.29, 0.717) is 25.9 Å². The predicted molar refractivity (Wildman–Crippen MR) is 58.0 cm³/mol. The average Bonchev–Trinajstić information content (AvgIpc) is 2.21. The van der Waals surface area contributed by atoms with E-state index >= 15 is 0 Å². The van der Waals surface area contributed by atoms with Gasteiger partial charge in [-0.05, 0) is 20.3 Å². The molecule has 92 valence electrons. The third-order valence-electron chi connectivity index (χ3n) is 2.97. The zero-order valence-electron chi connectivity index (χ0n) is 10.0. The summed E-state index contributed by atoms with van der Waals surface area (Å²) in [5, 5.41) is 8.93. The van der Waals surface area contributed by atoms with E-state index in [0.717, 1.165) is 0 Å². The summed E-state index contributed by atoms with van der Waals surface area (Å²) in [7, 11) is 1.59. The van der Waals surface area contributed by atoms with Crippen LogP contribution in [0.2, 0.25) is 0 Å². The second-order valence-electron chi connectivity index (χ2n) is 4.81. The fraction of sp³-hybridized carbons (Fsp3) is 0.818. The van der Waals surface area contributed by atoms with Crippen LogP contribution >= 0.6 is 0 Å². The van der Waals surface area contributed by atoms with Crippen LogP contribution in [0.5, 0.6) is 0 Å². The van der Waals surface area contributed by atoms with E-state index in [2.05, 4.69) is 0 Å². The fourth-order valence-electron chi connectivity index (χ4n) is 1.79. The molecule has 1 aliphatic rings. The van der Waals surface area contributed by atoms with E-state index in [9.17, 15) is 9.59 Å². The Morgan fingerprint density at radius 1 is 1.62 bits per heavy atom. The van der Waals surface area contributed by atoms with Gasteiger partial charge in [-0.15, -0.1) is 0 Å². The van der Waals surface area contributed by atoms with Gasteiger partial charge in [0.25, 0.3) is 0 Å². The highest BCUT2D eigenvalue weighted by molar-refractivity contribution is 5.80. The molecule has 1 saturated heterocycles. The van der Waals surface area contributed by atoms with Crippen LogP contribution in [-0.4, -0.2) is 47.7 Å². The smallest absolute Gasteiger partial charge is 0.308 e. The highest BCUT2D eigenvalue weighted by Crippen LogP contribution is 2.20. The van der Waals surface area contributed by atoms with Crippen LogP contribution in [0.25, 0.3) is 0 Å². The van der Waals surface area contributed by atoms with Gasteiger partial charge in [-0.2, -0.15) is 0 Å². The Balaban J connectivity index is 2.63. The summed E-state index contributed by atoms with van der Waals surface area (Å²) in [5.41, 5.74) is -0.434. The molecular weight excluding hydrogens is 210 g/mol. The third-order valence-corrected chi connectivity index (χ3v) is 2.97. The number of carboxylic acids is 1. The molecule has 0 saturated carbocycles. The van der Waals surface area contributed by atoms with E-state index in [-0.39, 0.29) is 5.91 Å². The molecule has 1 heterocycles. The molecule has 0 radical (unpaired) electrons. The van der Waals surface area contributed by atoms with Crippen LogP contribution in [0.15, 0.2) is 0 Å². The number of rotatable bonds is 4. The molecule has 5 nitrogen and oxygen atoms in total. The quantitative estimate of drug-likeness (QED) is 0.772. The molecule has 1 atom stereocenters. The van der Waals surface area contributed by atoms with E-state index in [1.54, 1.807) is 12.0 Å². The normalized spacial score (nSPS) is 22.3. The van der Waals surface area contributed by atoms with Gasteiger partial charge in [-0.1, -0.05) is 0 Å². The molecule has 0 aliphatic carbocycles. The van der Waals surface area contributed by atoms with Crippen LogP contribution < -0.4 is 0 Å². The molecule has 1 unspecified atom stereocenters. The SMILES string of the molecule is COC(C)(C)CN1CC(C(=O)O)CCC1=O. The highest BCUT2D eigenvalue weighted by atomic mass is 16.5. The first kappa shape index (κ1) is 13.0. The lowest BCUT2D eigenvalue weighted by molar-refractivity contribution is -0.149. The number of carbonyl (C=O) groups is 2. The van der Waals surface area contributed by atoms with Crippen LogP contribution in [0.1, 0.15) is 26.7 Å². The zero-order chi connectivity index (χ0) is 12.3. The number of aliphatic carboxylic acids is 1. The maximum Gasteiger partial charge on any atom is 0.308 e. The van der Waals surface area contributed by atoms with Crippen molar-refractivity contribution in [1.82, 2.24) is 4.90 Å². The van der Waals surface area contributed by atoms with Crippen LogP contribution in [0.3, 0.4) is 0 Å². The molecule has 0 aromatic carbocycles. The summed E-state index contributed by atoms with van der Waals surface area (Å²) < 4.78 is 5.24. The third kappa shape index (κ3) is 3.20. The minimum Gasteiger partial charge on any atom is -0.481 e. The van der Waals surface area contributed by atoms with Crippen molar-refractivity contribution in [3.63, 3.8) is 0 Å². The Kier molecular flexibility index (Phi) is 3.91. The van der Waals surface area contributed by atoms with Crippen molar-refractivity contribution < 1.29 is 19.4 Å². The van der Waals surface area contributed by atoms with Gasteiger partial charge >= 0.3 is 5.97 Å². The van der Waals surface area contributed by atoms with Gasteiger partial charge < -0.3 is 14.7 Å².